The van der Waals surface area contributed by atoms with E-state index in [-0.39, 0.29) is 0 Å². The third-order valence-corrected chi connectivity index (χ3v) is 0.854. The lowest BCUT2D eigenvalue weighted by molar-refractivity contribution is 1.34. The molecule has 40 valence electrons. The van der Waals surface area contributed by atoms with Crippen LogP contribution in [0.25, 0.3) is 0 Å². The van der Waals surface area contributed by atoms with E-state index < -0.39 is 0 Å². The molecule has 1 nitrogen and oxygen atoms in total. The van der Waals surface area contributed by atoms with Crippen LogP contribution in [0.3, 0.4) is 0 Å². The van der Waals surface area contributed by atoms with Gasteiger partial charge in [0.15, 0.2) is 14.8 Å². The Morgan fingerprint density at radius 1 is 1.14 bits per heavy atom. The van der Waals surface area contributed by atoms with E-state index >= 15 is 0 Å². The lowest BCUT2D eigenvalue weighted by Crippen LogP contribution is -2.21. The maximum absolute atomic E-state index is 3.28. The van der Waals surface area contributed by atoms with E-state index in [1.165, 1.54) is 27.5 Å². The van der Waals surface area contributed by atoms with Gasteiger partial charge in [0.2, 0.25) is 0 Å². The second-order valence-electron chi connectivity index (χ2n) is 1.75. The van der Waals surface area contributed by atoms with Crippen LogP contribution in [-0.2, 0) is 0 Å². The molecule has 0 unspecified atom stereocenters. The van der Waals surface area contributed by atoms with Crippen LogP contribution in [0.5, 0.6) is 0 Å². The van der Waals surface area contributed by atoms with Crippen molar-refractivity contribution in [3.63, 3.8) is 0 Å². The van der Waals surface area contributed by atoms with Crippen LogP contribution >= 0.6 is 0 Å². The van der Waals surface area contributed by atoms with Crippen molar-refractivity contribution in [1.82, 2.24) is 5.14 Å². The third-order valence-electron chi connectivity index (χ3n) is 0.854. The summed E-state index contributed by atoms with van der Waals surface area (Å²) in [6.45, 7) is 4.37. The van der Waals surface area contributed by atoms with Crippen molar-refractivity contribution in [2.75, 3.05) is 0 Å². The molecule has 0 atom stereocenters. The molecule has 0 bridgehead atoms. The van der Waals surface area contributed by atoms with Gasteiger partial charge in [-0.1, -0.05) is 26.5 Å². The van der Waals surface area contributed by atoms with Crippen molar-refractivity contribution < 1.29 is 0 Å². The standard InChI is InChI=1S/C4H13B2N/c1-3-5-7-6-4-2/h5-7H,3-4H2,1-2H3. The number of hydrogen-bond donors (Lipinski definition) is 1. The molecular formula is C4H13B2N. The zero-order valence-electron chi connectivity index (χ0n) is 5.33. The average molecular weight is 96.8 g/mol. The predicted molar refractivity (Wildman–Crippen MR) is 38.4 cm³/mol. The summed E-state index contributed by atoms with van der Waals surface area (Å²) in [5, 5.41) is 3.28. The molecule has 0 aliphatic rings. The first-order chi connectivity index (χ1) is 3.41. The first kappa shape index (κ1) is 7.09. The highest BCUT2D eigenvalue weighted by atomic mass is 14.6. The van der Waals surface area contributed by atoms with Gasteiger partial charge in [-0.05, 0) is 0 Å². The highest BCUT2D eigenvalue weighted by Crippen LogP contribution is 1.69. The van der Waals surface area contributed by atoms with Crippen molar-refractivity contribution in [2.45, 2.75) is 26.5 Å². The maximum atomic E-state index is 3.28. The smallest absolute Gasteiger partial charge is 0.189 e. The van der Waals surface area contributed by atoms with E-state index in [0.29, 0.717) is 0 Å². The molecule has 0 aliphatic heterocycles. The lowest BCUT2D eigenvalue weighted by Gasteiger charge is -1.91. The van der Waals surface area contributed by atoms with E-state index in [4.69, 9.17) is 0 Å². The third kappa shape index (κ3) is 6.09. The van der Waals surface area contributed by atoms with Gasteiger partial charge >= 0.3 is 0 Å². The van der Waals surface area contributed by atoms with E-state index in [2.05, 4.69) is 19.0 Å². The Morgan fingerprint density at radius 2 is 1.57 bits per heavy atom. The number of nitrogens with one attached hydrogen (secondary N) is 1. The minimum Gasteiger partial charge on any atom is -0.404 e. The summed E-state index contributed by atoms with van der Waals surface area (Å²) in [7, 11) is 2.35. The van der Waals surface area contributed by atoms with Crippen LogP contribution in [0, 0.1) is 0 Å². The molecule has 0 heterocycles. The van der Waals surface area contributed by atoms with E-state index in [1.54, 1.807) is 0 Å². The second-order valence-corrected chi connectivity index (χ2v) is 1.75. The Balaban J connectivity index is 2.45. The monoisotopic (exact) mass is 97.1 g/mol. The first-order valence-electron chi connectivity index (χ1n) is 3.12. The Morgan fingerprint density at radius 3 is 1.86 bits per heavy atom. The maximum Gasteiger partial charge on any atom is 0.189 e. The quantitative estimate of drug-likeness (QED) is 0.389. The van der Waals surface area contributed by atoms with E-state index in [9.17, 15) is 0 Å². The summed E-state index contributed by atoms with van der Waals surface area (Å²) in [6, 6.07) is 0. The summed E-state index contributed by atoms with van der Waals surface area (Å²) >= 11 is 0. The molecule has 0 amide bonds. The summed E-state index contributed by atoms with van der Waals surface area (Å²) in [4.78, 5) is 0. The molecule has 0 aliphatic carbocycles. The largest absolute Gasteiger partial charge is 0.404 e. The molecule has 0 aromatic carbocycles. The molecule has 1 N–H and O–H groups in total. The molecule has 0 saturated heterocycles. The fraction of sp³-hybridized carbons (Fsp3) is 1.00. The summed E-state index contributed by atoms with van der Waals surface area (Å²) in [5.41, 5.74) is 0. The van der Waals surface area contributed by atoms with E-state index in [0.717, 1.165) is 0 Å². The fourth-order valence-corrected chi connectivity index (χ4v) is 0.479. The van der Waals surface area contributed by atoms with Gasteiger partial charge in [-0.15, -0.1) is 0 Å². The zero-order valence-corrected chi connectivity index (χ0v) is 5.33. The Hall–Kier alpha value is 0.0899. The van der Waals surface area contributed by atoms with Gasteiger partial charge in [-0.25, -0.2) is 0 Å². The predicted octanol–water partition coefficient (Wildman–Crippen LogP) is 0.155. The topological polar surface area (TPSA) is 12.0 Å². The van der Waals surface area contributed by atoms with Gasteiger partial charge in [0, 0.05) is 0 Å². The first-order valence-corrected chi connectivity index (χ1v) is 3.12. The fourth-order valence-electron chi connectivity index (χ4n) is 0.479. The zero-order chi connectivity index (χ0) is 5.54. The van der Waals surface area contributed by atoms with Gasteiger partial charge in [0.05, 0.1) is 0 Å². The van der Waals surface area contributed by atoms with Gasteiger partial charge in [0.25, 0.3) is 0 Å². The molecule has 7 heavy (non-hydrogen) atoms. The molecule has 0 fully saturated rings. The van der Waals surface area contributed by atoms with E-state index in [1.807, 2.05) is 0 Å². The Labute approximate surface area is 47.4 Å². The Kier molecular flexibility index (Phi) is 6.17. The molecule has 0 aromatic heterocycles. The SMILES string of the molecule is CCBNBCC. The minimum atomic E-state index is 1.17. The van der Waals surface area contributed by atoms with Crippen LogP contribution in [-0.4, -0.2) is 14.8 Å². The molecule has 0 rings (SSSR count). The van der Waals surface area contributed by atoms with Gasteiger partial charge in [-0.2, -0.15) is 0 Å². The van der Waals surface area contributed by atoms with Gasteiger partial charge in [0.1, 0.15) is 0 Å². The molecule has 0 saturated carbocycles. The molecule has 0 radical (unpaired) electrons. The normalized spacial score (nSPS) is 8.29. The van der Waals surface area contributed by atoms with Crippen LogP contribution in [0.4, 0.5) is 0 Å². The lowest BCUT2D eigenvalue weighted by atomic mass is 9.78. The molecule has 0 spiro atoms. The second kappa shape index (κ2) is 6.09. The van der Waals surface area contributed by atoms with Crippen LogP contribution in [0.15, 0.2) is 0 Å². The van der Waals surface area contributed by atoms with Crippen LogP contribution in [0.2, 0.25) is 12.6 Å². The summed E-state index contributed by atoms with van der Waals surface area (Å²) in [5.74, 6) is 0. The molecule has 0 aromatic rings. The van der Waals surface area contributed by atoms with Gasteiger partial charge in [-0.3, -0.25) is 0 Å². The molecular weight excluding hydrogens is 83.7 g/mol. The van der Waals surface area contributed by atoms with Crippen molar-refractivity contribution in [2.24, 2.45) is 0 Å². The minimum absolute atomic E-state index is 1.17. The number of rotatable bonds is 4. The highest BCUT2D eigenvalue weighted by Gasteiger charge is 1.83. The average Bonchev–Trinajstić information content (AvgIpc) is 1.69. The van der Waals surface area contributed by atoms with Crippen molar-refractivity contribution in [3.05, 3.63) is 0 Å². The molecule has 3 heteroatoms. The Bertz CT molecular complexity index is 28.9. The number of hydrogen-bond acceptors (Lipinski definition) is 1. The van der Waals surface area contributed by atoms with Crippen LogP contribution in [0.1, 0.15) is 13.8 Å². The van der Waals surface area contributed by atoms with Crippen molar-refractivity contribution in [3.8, 4) is 0 Å². The van der Waals surface area contributed by atoms with Crippen molar-refractivity contribution >= 4 is 14.8 Å². The summed E-state index contributed by atoms with van der Waals surface area (Å²) in [6.07, 6.45) is 2.50. The van der Waals surface area contributed by atoms with Crippen LogP contribution < -0.4 is 5.14 Å². The summed E-state index contributed by atoms with van der Waals surface area (Å²) < 4.78 is 0. The van der Waals surface area contributed by atoms with Gasteiger partial charge < -0.3 is 5.14 Å². The highest BCUT2D eigenvalue weighted by molar-refractivity contribution is 6.50. The van der Waals surface area contributed by atoms with Crippen molar-refractivity contribution in [1.29, 1.82) is 0 Å².